The van der Waals surface area contributed by atoms with Crippen molar-refractivity contribution in [2.24, 2.45) is 0 Å². The van der Waals surface area contributed by atoms with Gasteiger partial charge in [0.1, 0.15) is 0 Å². The minimum atomic E-state index is -0.673. The van der Waals surface area contributed by atoms with Crippen LogP contribution < -0.4 is 0 Å². The molecule has 3 nitrogen and oxygen atoms in total. The molecule has 1 unspecified atom stereocenters. The summed E-state index contributed by atoms with van der Waals surface area (Å²) in [4.78, 5) is 10.4. The maximum Gasteiger partial charge on any atom is 0.303 e. The second kappa shape index (κ2) is 21.5. The minimum absolute atomic E-state index is 0.254. The van der Waals surface area contributed by atoms with Gasteiger partial charge in [-0.3, -0.25) is 4.79 Å². The molecule has 0 amide bonds. The fourth-order valence-electron chi connectivity index (χ4n) is 3.44. The second-order valence-electron chi connectivity index (χ2n) is 8.02. The van der Waals surface area contributed by atoms with E-state index in [1.165, 1.54) is 83.5 Å². The molecule has 0 fully saturated rings. The molecule has 160 valence electrons. The quantitative estimate of drug-likeness (QED) is 0.160. The minimum Gasteiger partial charge on any atom is -0.481 e. The van der Waals surface area contributed by atoms with E-state index in [1.807, 2.05) is 6.08 Å². The van der Waals surface area contributed by atoms with Gasteiger partial charge in [0.25, 0.3) is 0 Å². The topological polar surface area (TPSA) is 57.5 Å². The summed E-state index contributed by atoms with van der Waals surface area (Å²) >= 11 is 0. The van der Waals surface area contributed by atoms with Crippen LogP contribution in [0.1, 0.15) is 129 Å². The van der Waals surface area contributed by atoms with E-state index in [2.05, 4.69) is 13.0 Å². The molecular weight excluding hydrogens is 336 g/mol. The van der Waals surface area contributed by atoms with Gasteiger partial charge in [-0.05, 0) is 25.7 Å². The molecule has 0 aliphatic heterocycles. The third kappa shape index (κ3) is 23.1. The lowest BCUT2D eigenvalue weighted by Crippen LogP contribution is -2.01. The molecule has 2 N–H and O–H groups in total. The van der Waals surface area contributed by atoms with E-state index < -0.39 is 5.97 Å². The van der Waals surface area contributed by atoms with Crippen molar-refractivity contribution >= 4 is 5.97 Å². The van der Waals surface area contributed by atoms with Gasteiger partial charge in [-0.15, -0.1) is 0 Å². The van der Waals surface area contributed by atoms with Crippen molar-refractivity contribution in [3.8, 4) is 0 Å². The van der Waals surface area contributed by atoms with Gasteiger partial charge < -0.3 is 10.2 Å². The van der Waals surface area contributed by atoms with Crippen LogP contribution >= 0.6 is 0 Å². The number of hydrogen-bond acceptors (Lipinski definition) is 2. The van der Waals surface area contributed by atoms with Crippen LogP contribution in [0.5, 0.6) is 0 Å². The SMILES string of the molecule is CCCCCCCC/C=C\C(O)CCCCCCCCCCCCC(=O)O. The average Bonchev–Trinajstić information content (AvgIpc) is 2.64. The highest BCUT2D eigenvalue weighted by molar-refractivity contribution is 5.66. The molecule has 0 aliphatic rings. The van der Waals surface area contributed by atoms with Crippen molar-refractivity contribution in [2.45, 2.75) is 135 Å². The lowest BCUT2D eigenvalue weighted by atomic mass is 10.0. The van der Waals surface area contributed by atoms with Gasteiger partial charge >= 0.3 is 5.97 Å². The summed E-state index contributed by atoms with van der Waals surface area (Å²) in [5, 5.41) is 18.5. The molecule has 0 aromatic carbocycles. The highest BCUT2D eigenvalue weighted by Crippen LogP contribution is 2.13. The number of aliphatic carboxylic acids is 1. The fourth-order valence-corrected chi connectivity index (χ4v) is 3.44. The number of allylic oxidation sites excluding steroid dienone is 1. The first-order valence-corrected chi connectivity index (χ1v) is 11.7. The lowest BCUT2D eigenvalue weighted by Gasteiger charge is -2.06. The van der Waals surface area contributed by atoms with Gasteiger partial charge in [-0.25, -0.2) is 0 Å². The van der Waals surface area contributed by atoms with E-state index in [0.29, 0.717) is 6.42 Å². The highest BCUT2D eigenvalue weighted by Gasteiger charge is 2.00. The van der Waals surface area contributed by atoms with Gasteiger partial charge in [0.05, 0.1) is 6.10 Å². The standard InChI is InChI=1S/C24H46O3/c1-2-3-4-5-6-11-14-17-20-23(25)21-18-15-12-9-7-8-10-13-16-19-22-24(26)27/h17,20,23,25H,2-16,18-19,21-22H2,1H3,(H,26,27)/b20-17-. The second-order valence-corrected chi connectivity index (χ2v) is 8.02. The van der Waals surface area contributed by atoms with E-state index in [-0.39, 0.29) is 6.10 Å². The van der Waals surface area contributed by atoms with Crippen LogP contribution in [0.2, 0.25) is 0 Å². The predicted molar refractivity (Wildman–Crippen MR) is 116 cm³/mol. The maximum atomic E-state index is 10.4. The Kier molecular flexibility index (Phi) is 20.8. The van der Waals surface area contributed by atoms with Crippen LogP contribution in [0, 0.1) is 0 Å². The lowest BCUT2D eigenvalue weighted by molar-refractivity contribution is -0.137. The third-order valence-electron chi connectivity index (χ3n) is 5.22. The number of hydrogen-bond donors (Lipinski definition) is 2. The average molecular weight is 383 g/mol. The third-order valence-corrected chi connectivity index (χ3v) is 5.22. The first kappa shape index (κ1) is 26.2. The van der Waals surface area contributed by atoms with E-state index >= 15 is 0 Å². The van der Waals surface area contributed by atoms with Gasteiger partial charge in [-0.2, -0.15) is 0 Å². The number of carboxylic acids is 1. The number of rotatable bonds is 21. The van der Waals surface area contributed by atoms with Crippen LogP contribution in [0.15, 0.2) is 12.2 Å². The molecule has 0 radical (unpaired) electrons. The zero-order valence-electron chi connectivity index (χ0n) is 18.0. The molecule has 0 bridgehead atoms. The Labute approximate surface area is 168 Å². The Morgan fingerprint density at radius 1 is 0.741 bits per heavy atom. The number of aliphatic hydroxyl groups excluding tert-OH is 1. The number of carboxylic acid groups (broad SMARTS) is 1. The monoisotopic (exact) mass is 382 g/mol. The van der Waals surface area contributed by atoms with Crippen molar-refractivity contribution in [3.63, 3.8) is 0 Å². The fraction of sp³-hybridized carbons (Fsp3) is 0.875. The molecule has 0 heterocycles. The number of aliphatic hydroxyl groups is 1. The molecule has 0 spiro atoms. The molecule has 0 saturated carbocycles. The highest BCUT2D eigenvalue weighted by atomic mass is 16.4. The molecule has 0 aromatic heterocycles. The predicted octanol–water partition coefficient (Wildman–Crippen LogP) is 7.42. The number of unbranched alkanes of at least 4 members (excludes halogenated alkanes) is 15. The first-order chi connectivity index (χ1) is 13.2. The summed E-state index contributed by atoms with van der Waals surface area (Å²) in [6.45, 7) is 2.25. The Bertz CT molecular complexity index is 339. The molecule has 0 rings (SSSR count). The maximum absolute atomic E-state index is 10.4. The van der Waals surface area contributed by atoms with Gasteiger partial charge in [0.15, 0.2) is 0 Å². The van der Waals surface area contributed by atoms with E-state index in [1.54, 1.807) is 0 Å². The Morgan fingerprint density at radius 2 is 1.22 bits per heavy atom. The van der Waals surface area contributed by atoms with Gasteiger partial charge in [0.2, 0.25) is 0 Å². The first-order valence-electron chi connectivity index (χ1n) is 11.7. The van der Waals surface area contributed by atoms with Crippen LogP contribution in [-0.2, 0) is 4.79 Å². The van der Waals surface area contributed by atoms with Gasteiger partial charge in [0, 0.05) is 6.42 Å². The summed E-state index contributed by atoms with van der Waals surface area (Å²) in [5.74, 6) is -0.673. The van der Waals surface area contributed by atoms with Crippen molar-refractivity contribution in [1.29, 1.82) is 0 Å². The van der Waals surface area contributed by atoms with Crippen molar-refractivity contribution in [2.75, 3.05) is 0 Å². The van der Waals surface area contributed by atoms with Crippen molar-refractivity contribution in [3.05, 3.63) is 12.2 Å². The molecule has 0 aromatic rings. The summed E-state index contributed by atoms with van der Waals surface area (Å²) in [5.41, 5.74) is 0. The van der Waals surface area contributed by atoms with Crippen LogP contribution in [0.3, 0.4) is 0 Å². The largest absolute Gasteiger partial charge is 0.481 e. The zero-order valence-corrected chi connectivity index (χ0v) is 18.0. The molecule has 27 heavy (non-hydrogen) atoms. The van der Waals surface area contributed by atoms with Crippen molar-refractivity contribution < 1.29 is 15.0 Å². The normalized spacial score (nSPS) is 12.7. The van der Waals surface area contributed by atoms with Crippen LogP contribution in [-0.4, -0.2) is 22.3 Å². The van der Waals surface area contributed by atoms with Crippen molar-refractivity contribution in [1.82, 2.24) is 0 Å². The summed E-state index contributed by atoms with van der Waals surface area (Å²) in [7, 11) is 0. The van der Waals surface area contributed by atoms with Gasteiger partial charge in [-0.1, -0.05) is 109 Å². The zero-order chi connectivity index (χ0) is 20.0. The summed E-state index contributed by atoms with van der Waals surface area (Å²) < 4.78 is 0. The Balaban J connectivity index is 3.23. The summed E-state index contributed by atoms with van der Waals surface area (Å²) in [6.07, 6.45) is 26.0. The molecule has 0 aliphatic carbocycles. The van der Waals surface area contributed by atoms with E-state index in [9.17, 15) is 9.90 Å². The van der Waals surface area contributed by atoms with E-state index in [4.69, 9.17) is 5.11 Å². The molecule has 1 atom stereocenters. The van der Waals surface area contributed by atoms with E-state index in [0.717, 1.165) is 32.1 Å². The smallest absolute Gasteiger partial charge is 0.303 e. The van der Waals surface area contributed by atoms with Crippen LogP contribution in [0.4, 0.5) is 0 Å². The molecule has 3 heteroatoms. The Hall–Kier alpha value is -0.830. The number of carbonyl (C=O) groups is 1. The van der Waals surface area contributed by atoms with Crippen LogP contribution in [0.25, 0.3) is 0 Å². The summed E-state index contributed by atoms with van der Waals surface area (Å²) in [6, 6.07) is 0. The molecule has 0 saturated heterocycles. The molecular formula is C24H46O3. The Morgan fingerprint density at radius 3 is 1.78 bits per heavy atom.